The molecule has 1 saturated heterocycles. The van der Waals surface area contributed by atoms with Crippen molar-refractivity contribution in [2.75, 3.05) is 13.1 Å². The highest BCUT2D eigenvalue weighted by molar-refractivity contribution is 5.94. The molecule has 196 valence electrons. The van der Waals surface area contributed by atoms with Gasteiger partial charge < -0.3 is 19.9 Å². The number of nitrogens with one attached hydrogen (secondary N) is 1. The number of aromatic nitrogens is 4. The minimum absolute atomic E-state index is 0.0447. The molecule has 1 unspecified atom stereocenters. The SMILES string of the molecule is Cc1c[nH]c2ncc(-c3cc4c(c(C5CCCN5C(=O)O)c3)CN(C(=O)c3cnn(C(C)C)c3)CC4)cc12. The van der Waals surface area contributed by atoms with E-state index in [1.54, 1.807) is 15.8 Å². The van der Waals surface area contributed by atoms with Crippen molar-refractivity contribution >= 4 is 23.0 Å². The molecule has 5 heterocycles. The van der Waals surface area contributed by atoms with Gasteiger partial charge in [-0.25, -0.2) is 9.78 Å². The standard InChI is InChI=1S/C29H32N6O3/c1-17(2)35-15-22(14-32-35)28(36)33-8-6-19-9-20(21-11-23-18(3)12-30-27(23)31-13-21)10-24(25(19)16-33)26-5-4-7-34(26)29(37)38/h9-15,17,26H,4-8,16H2,1-3H3,(H,30,31)(H,37,38). The van der Waals surface area contributed by atoms with E-state index >= 15 is 0 Å². The first-order valence-electron chi connectivity index (χ1n) is 13.2. The van der Waals surface area contributed by atoms with E-state index in [1.807, 2.05) is 37.3 Å². The lowest BCUT2D eigenvalue weighted by atomic mass is 9.86. The van der Waals surface area contributed by atoms with Crippen LogP contribution in [0.15, 0.2) is 43.0 Å². The Morgan fingerprint density at radius 1 is 1.13 bits per heavy atom. The number of benzene rings is 1. The highest BCUT2D eigenvalue weighted by Crippen LogP contribution is 2.40. The number of likely N-dealkylation sites (tertiary alicyclic amines) is 1. The van der Waals surface area contributed by atoms with Crippen LogP contribution in [0.1, 0.15) is 71.4 Å². The molecule has 0 saturated carbocycles. The van der Waals surface area contributed by atoms with Gasteiger partial charge in [0.15, 0.2) is 0 Å². The van der Waals surface area contributed by atoms with Gasteiger partial charge in [0.1, 0.15) is 5.65 Å². The number of nitrogens with zero attached hydrogens (tertiary/aromatic N) is 5. The van der Waals surface area contributed by atoms with E-state index in [0.717, 1.165) is 51.7 Å². The minimum Gasteiger partial charge on any atom is -0.465 e. The molecule has 1 aromatic carbocycles. The first-order chi connectivity index (χ1) is 18.3. The van der Waals surface area contributed by atoms with Gasteiger partial charge in [0.05, 0.1) is 17.8 Å². The number of amides is 2. The molecule has 4 aromatic rings. The van der Waals surface area contributed by atoms with E-state index in [1.165, 1.54) is 5.56 Å². The molecule has 9 heteroatoms. The number of hydrogen-bond acceptors (Lipinski definition) is 4. The van der Waals surface area contributed by atoms with Gasteiger partial charge in [-0.1, -0.05) is 6.07 Å². The summed E-state index contributed by atoms with van der Waals surface area (Å²) in [5.74, 6) is -0.0447. The van der Waals surface area contributed by atoms with Crippen molar-refractivity contribution in [2.24, 2.45) is 0 Å². The van der Waals surface area contributed by atoms with Gasteiger partial charge in [-0.05, 0) is 80.0 Å². The number of hydrogen-bond donors (Lipinski definition) is 2. The Morgan fingerprint density at radius 2 is 1.97 bits per heavy atom. The van der Waals surface area contributed by atoms with Gasteiger partial charge in [0.25, 0.3) is 5.91 Å². The molecule has 2 N–H and O–H groups in total. The summed E-state index contributed by atoms with van der Waals surface area (Å²) < 4.78 is 1.79. The number of fused-ring (bicyclic) bond motifs is 2. The van der Waals surface area contributed by atoms with Crippen LogP contribution in [0, 0.1) is 6.92 Å². The van der Waals surface area contributed by atoms with Crippen LogP contribution in [0.2, 0.25) is 0 Å². The molecule has 9 nitrogen and oxygen atoms in total. The zero-order valence-corrected chi connectivity index (χ0v) is 21.9. The molecular weight excluding hydrogens is 480 g/mol. The predicted octanol–water partition coefficient (Wildman–Crippen LogP) is 5.33. The Balaban J connectivity index is 1.41. The molecule has 2 aliphatic rings. The van der Waals surface area contributed by atoms with Gasteiger partial charge >= 0.3 is 6.09 Å². The molecule has 0 bridgehead atoms. The highest BCUT2D eigenvalue weighted by atomic mass is 16.4. The van der Waals surface area contributed by atoms with E-state index in [2.05, 4.69) is 40.2 Å². The van der Waals surface area contributed by atoms with Gasteiger partial charge in [-0.3, -0.25) is 9.48 Å². The Kier molecular flexibility index (Phi) is 5.93. The fraction of sp³-hybridized carbons (Fsp3) is 0.379. The van der Waals surface area contributed by atoms with Crippen LogP contribution in [0.3, 0.4) is 0 Å². The summed E-state index contributed by atoms with van der Waals surface area (Å²) in [6, 6.07) is 6.42. The van der Waals surface area contributed by atoms with Crippen molar-refractivity contribution in [3.05, 3.63) is 70.8 Å². The number of carboxylic acid groups (broad SMARTS) is 1. The van der Waals surface area contributed by atoms with Crippen molar-refractivity contribution in [1.82, 2.24) is 29.5 Å². The van der Waals surface area contributed by atoms with Gasteiger partial charge in [0.2, 0.25) is 0 Å². The van der Waals surface area contributed by atoms with E-state index < -0.39 is 6.09 Å². The summed E-state index contributed by atoms with van der Waals surface area (Å²) in [4.78, 5) is 36.8. The summed E-state index contributed by atoms with van der Waals surface area (Å²) in [7, 11) is 0. The lowest BCUT2D eigenvalue weighted by Crippen LogP contribution is -2.37. The molecule has 1 fully saturated rings. The second kappa shape index (κ2) is 9.31. The highest BCUT2D eigenvalue weighted by Gasteiger charge is 2.34. The molecule has 2 aliphatic heterocycles. The monoisotopic (exact) mass is 512 g/mol. The van der Waals surface area contributed by atoms with E-state index in [9.17, 15) is 14.7 Å². The number of rotatable bonds is 4. The summed E-state index contributed by atoms with van der Waals surface area (Å²) in [6.07, 6.45) is 8.67. The molecule has 0 radical (unpaired) electrons. The first kappa shape index (κ1) is 24.2. The zero-order valence-electron chi connectivity index (χ0n) is 21.9. The average molecular weight is 513 g/mol. The van der Waals surface area contributed by atoms with Gasteiger partial charge in [-0.2, -0.15) is 5.10 Å². The first-order valence-corrected chi connectivity index (χ1v) is 13.2. The van der Waals surface area contributed by atoms with Crippen LogP contribution >= 0.6 is 0 Å². The summed E-state index contributed by atoms with van der Waals surface area (Å²) in [5.41, 5.74) is 7.83. The maximum atomic E-state index is 13.4. The topological polar surface area (TPSA) is 107 Å². The van der Waals surface area contributed by atoms with Crippen LogP contribution in [0.5, 0.6) is 0 Å². The summed E-state index contributed by atoms with van der Waals surface area (Å²) >= 11 is 0. The van der Waals surface area contributed by atoms with Crippen molar-refractivity contribution in [3.8, 4) is 11.1 Å². The Hall–Kier alpha value is -4.14. The Bertz CT molecular complexity index is 1550. The molecule has 1 atom stereocenters. The molecule has 6 rings (SSSR count). The Morgan fingerprint density at radius 3 is 2.74 bits per heavy atom. The van der Waals surface area contributed by atoms with Crippen LogP contribution < -0.4 is 0 Å². The molecular formula is C29H32N6O3. The molecule has 38 heavy (non-hydrogen) atoms. The minimum atomic E-state index is -0.900. The number of H-pyrrole nitrogens is 1. The fourth-order valence-electron chi connectivity index (χ4n) is 5.86. The van der Waals surface area contributed by atoms with Crippen LogP contribution in [0.4, 0.5) is 4.79 Å². The lowest BCUT2D eigenvalue weighted by molar-refractivity contribution is 0.0732. The molecule has 2 amide bonds. The molecule has 0 spiro atoms. The third kappa shape index (κ3) is 4.12. The fourth-order valence-corrected chi connectivity index (χ4v) is 5.86. The predicted molar refractivity (Wildman–Crippen MR) is 144 cm³/mol. The largest absolute Gasteiger partial charge is 0.465 e. The van der Waals surface area contributed by atoms with E-state index in [-0.39, 0.29) is 18.0 Å². The van der Waals surface area contributed by atoms with Crippen LogP contribution in [0.25, 0.3) is 22.2 Å². The molecule has 0 aliphatic carbocycles. The number of carbonyl (C=O) groups excluding carboxylic acids is 1. The van der Waals surface area contributed by atoms with Crippen molar-refractivity contribution < 1.29 is 14.7 Å². The zero-order chi connectivity index (χ0) is 26.6. The van der Waals surface area contributed by atoms with Gasteiger partial charge in [-0.15, -0.1) is 0 Å². The summed E-state index contributed by atoms with van der Waals surface area (Å²) in [5, 5.41) is 15.4. The number of aryl methyl sites for hydroxylation is 1. The molecule has 3 aromatic heterocycles. The van der Waals surface area contributed by atoms with Crippen molar-refractivity contribution in [3.63, 3.8) is 0 Å². The number of pyridine rings is 1. The number of aromatic amines is 1. The quantitative estimate of drug-likeness (QED) is 0.384. The smallest absolute Gasteiger partial charge is 0.407 e. The van der Waals surface area contributed by atoms with Gasteiger partial charge in [0, 0.05) is 55.2 Å². The second-order valence-electron chi connectivity index (χ2n) is 10.7. The lowest BCUT2D eigenvalue weighted by Gasteiger charge is -2.33. The third-order valence-electron chi connectivity index (χ3n) is 7.97. The maximum Gasteiger partial charge on any atom is 0.407 e. The Labute approximate surface area is 221 Å². The second-order valence-corrected chi connectivity index (χ2v) is 10.7. The summed E-state index contributed by atoms with van der Waals surface area (Å²) in [6.45, 7) is 7.69. The van der Waals surface area contributed by atoms with Crippen molar-refractivity contribution in [1.29, 1.82) is 0 Å². The van der Waals surface area contributed by atoms with Crippen LogP contribution in [-0.2, 0) is 13.0 Å². The average Bonchev–Trinajstić information content (AvgIpc) is 3.67. The van der Waals surface area contributed by atoms with Crippen LogP contribution in [-0.4, -0.2) is 59.7 Å². The van der Waals surface area contributed by atoms with Crippen molar-refractivity contribution in [2.45, 2.75) is 58.7 Å². The number of carbonyl (C=O) groups is 2. The normalized spacial score (nSPS) is 17.4. The third-order valence-corrected chi connectivity index (χ3v) is 7.97. The van der Waals surface area contributed by atoms with E-state index in [4.69, 9.17) is 0 Å². The van der Waals surface area contributed by atoms with E-state index in [0.29, 0.717) is 31.6 Å². The maximum absolute atomic E-state index is 13.4.